The molecule has 0 spiro atoms. The van der Waals surface area contributed by atoms with Crippen molar-refractivity contribution in [1.82, 2.24) is 10.3 Å². The number of H-pyrrole nitrogens is 1. The number of ether oxygens (including phenoxy) is 1. The molecule has 36 heavy (non-hydrogen) atoms. The lowest BCUT2D eigenvalue weighted by Gasteiger charge is -2.20. The van der Waals surface area contributed by atoms with Gasteiger partial charge in [-0.2, -0.15) is 13.2 Å². The Kier molecular flexibility index (Phi) is 8.22. The molecule has 0 saturated carbocycles. The molecule has 6 nitrogen and oxygen atoms in total. The highest BCUT2D eigenvalue weighted by molar-refractivity contribution is 5.94. The molecular formula is C27H29F3N2O4. The van der Waals surface area contributed by atoms with Crippen LogP contribution in [-0.2, 0) is 9.53 Å². The van der Waals surface area contributed by atoms with Gasteiger partial charge in [0, 0.05) is 36.0 Å². The number of pyridine rings is 1. The summed E-state index contributed by atoms with van der Waals surface area (Å²) in [4.78, 5) is 38.5. The van der Waals surface area contributed by atoms with E-state index in [1.165, 1.54) is 6.07 Å². The van der Waals surface area contributed by atoms with Crippen molar-refractivity contribution >= 4 is 22.8 Å². The quantitative estimate of drug-likeness (QED) is 0.400. The lowest BCUT2D eigenvalue weighted by Crippen LogP contribution is -2.29. The van der Waals surface area contributed by atoms with Crippen LogP contribution in [0.5, 0.6) is 0 Å². The highest BCUT2D eigenvalue weighted by Crippen LogP contribution is 2.35. The number of fused-ring (bicyclic) bond motifs is 1. The number of hydrogen-bond acceptors (Lipinski definition) is 4. The Hall–Kier alpha value is -3.62. The van der Waals surface area contributed by atoms with Gasteiger partial charge in [0.05, 0.1) is 6.42 Å². The number of halogens is 3. The highest BCUT2D eigenvalue weighted by Gasteiger charge is 2.29. The Morgan fingerprint density at radius 3 is 2.28 bits per heavy atom. The second-order valence-electron chi connectivity index (χ2n) is 9.59. The van der Waals surface area contributed by atoms with Crippen molar-refractivity contribution in [1.29, 1.82) is 0 Å². The molecule has 3 aromatic rings. The molecule has 0 radical (unpaired) electrons. The minimum Gasteiger partial charge on any atom is -0.460 e. The average Bonchev–Trinajstić information content (AvgIpc) is 2.77. The van der Waals surface area contributed by atoms with Crippen LogP contribution in [0.4, 0.5) is 13.2 Å². The van der Waals surface area contributed by atoms with Gasteiger partial charge in [0.25, 0.3) is 5.91 Å². The van der Waals surface area contributed by atoms with E-state index >= 15 is 0 Å². The van der Waals surface area contributed by atoms with E-state index < -0.39 is 36.0 Å². The largest absolute Gasteiger partial charge is 0.460 e. The summed E-state index contributed by atoms with van der Waals surface area (Å²) in [5, 5.41) is 3.36. The SMILES string of the molecule is CC(C)(C)OC(=O)CCNC(=O)c1ccc([C@@H](CCC(F)(F)F)c2ccc3[nH]c(=O)ccc3c2)cc1. The smallest absolute Gasteiger partial charge is 0.389 e. The summed E-state index contributed by atoms with van der Waals surface area (Å²) in [6.45, 7) is 5.37. The van der Waals surface area contributed by atoms with Crippen LogP contribution in [0.25, 0.3) is 10.9 Å². The highest BCUT2D eigenvalue weighted by atomic mass is 19.4. The number of nitrogens with one attached hydrogen (secondary N) is 2. The number of esters is 1. The normalized spacial score (nSPS) is 12.8. The molecule has 1 atom stereocenters. The maximum Gasteiger partial charge on any atom is 0.389 e. The summed E-state index contributed by atoms with van der Waals surface area (Å²) in [7, 11) is 0. The van der Waals surface area contributed by atoms with E-state index in [1.807, 2.05) is 0 Å². The van der Waals surface area contributed by atoms with Gasteiger partial charge in [-0.1, -0.05) is 18.2 Å². The van der Waals surface area contributed by atoms with Crippen molar-refractivity contribution in [2.45, 2.75) is 57.7 Å². The van der Waals surface area contributed by atoms with Crippen LogP contribution in [0.2, 0.25) is 0 Å². The second-order valence-corrected chi connectivity index (χ2v) is 9.59. The second kappa shape index (κ2) is 11.0. The van der Waals surface area contributed by atoms with Gasteiger partial charge >= 0.3 is 12.1 Å². The van der Waals surface area contributed by atoms with Crippen LogP contribution in [-0.4, -0.2) is 35.2 Å². The molecule has 0 aliphatic carbocycles. The summed E-state index contributed by atoms with van der Waals surface area (Å²) in [6.07, 6.45) is -5.42. The minimum absolute atomic E-state index is 0.0217. The Morgan fingerprint density at radius 2 is 1.64 bits per heavy atom. The molecule has 0 unspecified atom stereocenters. The number of hydrogen-bond donors (Lipinski definition) is 2. The van der Waals surface area contributed by atoms with Gasteiger partial charge in [-0.15, -0.1) is 0 Å². The standard InChI is InChI=1S/C27H29F3N2O4/c1-26(2,3)36-24(34)13-15-31-25(35)18-6-4-17(5-7-18)21(12-14-27(28,29)30)19-8-10-22-20(16-19)9-11-23(33)32-22/h4-11,16,21H,12-15H2,1-3H3,(H,31,35)(H,32,33)/t21-/m1/s1. The van der Waals surface area contributed by atoms with E-state index in [4.69, 9.17) is 4.74 Å². The van der Waals surface area contributed by atoms with E-state index in [9.17, 15) is 27.6 Å². The summed E-state index contributed by atoms with van der Waals surface area (Å²) in [5.41, 5.74) is 1.36. The summed E-state index contributed by atoms with van der Waals surface area (Å²) in [5.74, 6) is -1.39. The lowest BCUT2D eigenvalue weighted by molar-refractivity contribution is -0.154. The molecule has 3 rings (SSSR count). The molecule has 192 valence electrons. The molecule has 0 bridgehead atoms. The number of carbonyl (C=O) groups excluding carboxylic acids is 2. The van der Waals surface area contributed by atoms with Crippen molar-refractivity contribution in [3.8, 4) is 0 Å². The predicted octanol–water partition coefficient (Wildman–Crippen LogP) is 5.46. The van der Waals surface area contributed by atoms with E-state index in [-0.39, 0.29) is 24.9 Å². The first-order valence-electron chi connectivity index (χ1n) is 11.6. The summed E-state index contributed by atoms with van der Waals surface area (Å²) in [6, 6.07) is 14.5. The fourth-order valence-electron chi connectivity index (χ4n) is 3.86. The maximum atomic E-state index is 13.1. The maximum absolute atomic E-state index is 13.1. The van der Waals surface area contributed by atoms with Gasteiger partial charge in [-0.25, -0.2) is 0 Å². The fraction of sp³-hybridized carbons (Fsp3) is 0.370. The third-order valence-corrected chi connectivity index (χ3v) is 5.48. The van der Waals surface area contributed by atoms with Gasteiger partial charge in [0.15, 0.2) is 0 Å². The molecule has 1 heterocycles. The molecule has 9 heteroatoms. The zero-order valence-corrected chi connectivity index (χ0v) is 20.4. The Morgan fingerprint density at radius 1 is 0.972 bits per heavy atom. The number of rotatable bonds is 8. The fourth-order valence-corrected chi connectivity index (χ4v) is 3.86. The Balaban J connectivity index is 1.75. The van der Waals surface area contributed by atoms with Gasteiger partial charge in [-0.3, -0.25) is 14.4 Å². The van der Waals surface area contributed by atoms with E-state index in [2.05, 4.69) is 10.3 Å². The van der Waals surface area contributed by atoms with Crippen molar-refractivity contribution in [3.05, 3.63) is 81.6 Å². The lowest BCUT2D eigenvalue weighted by atomic mass is 9.86. The number of aromatic nitrogens is 1. The molecule has 0 aliphatic rings. The van der Waals surface area contributed by atoms with E-state index in [0.717, 1.165) is 0 Å². The molecule has 0 aliphatic heterocycles. The van der Waals surface area contributed by atoms with E-state index in [1.54, 1.807) is 69.3 Å². The van der Waals surface area contributed by atoms with Crippen LogP contribution in [0, 0.1) is 0 Å². The summed E-state index contributed by atoms with van der Waals surface area (Å²) < 4.78 is 44.4. The number of alkyl halides is 3. The number of benzene rings is 2. The Labute approximate surface area is 206 Å². The molecular weight excluding hydrogens is 473 g/mol. The van der Waals surface area contributed by atoms with Crippen molar-refractivity contribution < 1.29 is 27.5 Å². The third kappa shape index (κ3) is 7.96. The van der Waals surface area contributed by atoms with Crippen molar-refractivity contribution in [2.24, 2.45) is 0 Å². The van der Waals surface area contributed by atoms with Crippen molar-refractivity contribution in [3.63, 3.8) is 0 Å². The number of aromatic amines is 1. The average molecular weight is 503 g/mol. The zero-order chi connectivity index (χ0) is 26.5. The first kappa shape index (κ1) is 27.0. The molecule has 2 N–H and O–H groups in total. The monoisotopic (exact) mass is 502 g/mol. The minimum atomic E-state index is -4.31. The van der Waals surface area contributed by atoms with Crippen LogP contribution >= 0.6 is 0 Å². The van der Waals surface area contributed by atoms with Gasteiger partial charge in [0.2, 0.25) is 5.56 Å². The van der Waals surface area contributed by atoms with Gasteiger partial charge < -0.3 is 15.0 Å². The molecule has 2 aromatic carbocycles. The summed E-state index contributed by atoms with van der Waals surface area (Å²) >= 11 is 0. The van der Waals surface area contributed by atoms with Crippen LogP contribution in [0.1, 0.15) is 67.4 Å². The molecule has 1 aromatic heterocycles. The Bertz CT molecular complexity index is 1280. The van der Waals surface area contributed by atoms with Crippen molar-refractivity contribution in [2.75, 3.05) is 6.54 Å². The number of amides is 1. The number of carbonyl (C=O) groups is 2. The van der Waals surface area contributed by atoms with Crippen LogP contribution in [0.15, 0.2) is 59.4 Å². The predicted molar refractivity (Wildman–Crippen MR) is 131 cm³/mol. The topological polar surface area (TPSA) is 88.3 Å². The van der Waals surface area contributed by atoms with Crippen LogP contribution < -0.4 is 10.9 Å². The van der Waals surface area contributed by atoms with Crippen LogP contribution in [0.3, 0.4) is 0 Å². The first-order valence-corrected chi connectivity index (χ1v) is 11.6. The molecule has 0 fully saturated rings. The zero-order valence-electron chi connectivity index (χ0n) is 20.4. The molecule has 0 saturated heterocycles. The molecule has 1 amide bonds. The third-order valence-electron chi connectivity index (χ3n) is 5.48. The van der Waals surface area contributed by atoms with Gasteiger partial charge in [-0.05, 0) is 74.0 Å². The van der Waals surface area contributed by atoms with Gasteiger partial charge in [0.1, 0.15) is 5.60 Å². The van der Waals surface area contributed by atoms with E-state index in [0.29, 0.717) is 27.6 Å². The first-order chi connectivity index (χ1) is 16.8.